The molecule has 0 aliphatic carbocycles. The third kappa shape index (κ3) is 3.37. The van der Waals surface area contributed by atoms with Crippen molar-refractivity contribution >= 4 is 12.0 Å². The van der Waals surface area contributed by atoms with Gasteiger partial charge in [-0.15, -0.1) is 0 Å². The van der Waals surface area contributed by atoms with Crippen LogP contribution >= 0.6 is 0 Å². The quantitative estimate of drug-likeness (QED) is 0.817. The summed E-state index contributed by atoms with van der Waals surface area (Å²) >= 11 is 0. The number of hydrogen-bond donors (Lipinski definition) is 1. The maximum Gasteiger partial charge on any atom is 0.320 e. The molecule has 18 heavy (non-hydrogen) atoms. The molecule has 1 heterocycles. The molecule has 0 spiro atoms. The first-order valence-corrected chi connectivity index (χ1v) is 6.77. The molecule has 1 fully saturated rings. The molecule has 1 aliphatic rings. The summed E-state index contributed by atoms with van der Waals surface area (Å²) in [5.74, 6) is -1.18. The van der Waals surface area contributed by atoms with Gasteiger partial charge in [0.25, 0.3) is 0 Å². The fraction of sp³-hybridized carbons (Fsp3) is 0.846. The summed E-state index contributed by atoms with van der Waals surface area (Å²) in [5, 5.41) is 9.08. The Kier molecular flexibility index (Phi) is 5.44. The van der Waals surface area contributed by atoms with E-state index in [9.17, 15) is 9.59 Å². The van der Waals surface area contributed by atoms with Crippen molar-refractivity contribution in [3.05, 3.63) is 0 Å². The molecule has 5 heteroatoms. The van der Waals surface area contributed by atoms with Crippen molar-refractivity contribution in [1.29, 1.82) is 0 Å². The molecule has 2 amide bonds. The second kappa shape index (κ2) is 6.61. The van der Waals surface area contributed by atoms with Crippen molar-refractivity contribution in [3.8, 4) is 0 Å². The fourth-order valence-corrected chi connectivity index (χ4v) is 2.49. The summed E-state index contributed by atoms with van der Waals surface area (Å²) in [6.07, 6.45) is 1.86. The van der Waals surface area contributed by atoms with Gasteiger partial charge in [-0.25, -0.2) is 4.79 Å². The zero-order valence-electron chi connectivity index (χ0n) is 11.6. The second-order valence-corrected chi connectivity index (χ2v) is 5.10. The molecule has 0 radical (unpaired) electrons. The van der Waals surface area contributed by atoms with Gasteiger partial charge in [-0.2, -0.15) is 0 Å². The van der Waals surface area contributed by atoms with Gasteiger partial charge in [-0.3, -0.25) is 4.79 Å². The molecule has 1 aliphatic heterocycles. The lowest BCUT2D eigenvalue weighted by molar-refractivity contribution is -0.142. The smallest absolute Gasteiger partial charge is 0.320 e. The van der Waals surface area contributed by atoms with Gasteiger partial charge >= 0.3 is 12.0 Å². The summed E-state index contributed by atoms with van der Waals surface area (Å²) in [6, 6.07) is -0.00528. The normalized spacial score (nSPS) is 23.2. The summed E-state index contributed by atoms with van der Waals surface area (Å²) < 4.78 is 0. The van der Waals surface area contributed by atoms with Gasteiger partial charge in [-0.05, 0) is 18.8 Å². The van der Waals surface area contributed by atoms with Crippen molar-refractivity contribution in [2.75, 3.05) is 26.2 Å². The first-order chi connectivity index (χ1) is 8.51. The van der Waals surface area contributed by atoms with Crippen molar-refractivity contribution in [1.82, 2.24) is 9.80 Å². The molecular formula is C13H24N2O3. The van der Waals surface area contributed by atoms with Crippen LogP contribution in [-0.4, -0.2) is 53.1 Å². The molecule has 0 bridgehead atoms. The molecule has 1 rings (SSSR count). The number of urea groups is 1. The van der Waals surface area contributed by atoms with Gasteiger partial charge in [0, 0.05) is 26.2 Å². The van der Waals surface area contributed by atoms with Crippen LogP contribution in [0.25, 0.3) is 0 Å². The van der Waals surface area contributed by atoms with Crippen molar-refractivity contribution in [2.24, 2.45) is 11.8 Å². The predicted octanol–water partition coefficient (Wildman–Crippen LogP) is 1.88. The molecule has 0 saturated carbocycles. The third-order valence-electron chi connectivity index (χ3n) is 3.46. The summed E-state index contributed by atoms with van der Waals surface area (Å²) in [5.41, 5.74) is 0. The Balaban J connectivity index is 2.64. The van der Waals surface area contributed by atoms with E-state index < -0.39 is 11.9 Å². The highest BCUT2D eigenvalue weighted by atomic mass is 16.4. The fourth-order valence-electron chi connectivity index (χ4n) is 2.49. The van der Waals surface area contributed by atoms with Crippen molar-refractivity contribution < 1.29 is 14.7 Å². The van der Waals surface area contributed by atoms with E-state index in [-0.39, 0.29) is 11.9 Å². The second-order valence-electron chi connectivity index (χ2n) is 5.10. The van der Waals surface area contributed by atoms with E-state index in [1.54, 1.807) is 4.90 Å². The van der Waals surface area contributed by atoms with Crippen LogP contribution < -0.4 is 0 Å². The molecular weight excluding hydrogens is 232 g/mol. The minimum atomic E-state index is -0.796. The highest BCUT2D eigenvalue weighted by Gasteiger charge is 2.38. The predicted molar refractivity (Wildman–Crippen MR) is 69.4 cm³/mol. The van der Waals surface area contributed by atoms with Crippen LogP contribution in [0.5, 0.6) is 0 Å². The van der Waals surface area contributed by atoms with Crippen LogP contribution in [0.3, 0.4) is 0 Å². The van der Waals surface area contributed by atoms with Crippen molar-refractivity contribution in [2.45, 2.75) is 33.6 Å². The lowest BCUT2D eigenvalue weighted by atomic mass is 9.99. The van der Waals surface area contributed by atoms with Crippen LogP contribution in [0.4, 0.5) is 4.79 Å². The van der Waals surface area contributed by atoms with E-state index in [1.807, 2.05) is 25.7 Å². The average molecular weight is 256 g/mol. The van der Waals surface area contributed by atoms with Gasteiger partial charge in [0.2, 0.25) is 0 Å². The van der Waals surface area contributed by atoms with E-state index >= 15 is 0 Å². The third-order valence-corrected chi connectivity index (χ3v) is 3.46. The highest BCUT2D eigenvalue weighted by molar-refractivity contribution is 5.77. The van der Waals surface area contributed by atoms with Crippen LogP contribution in [0.1, 0.15) is 33.6 Å². The van der Waals surface area contributed by atoms with Crippen LogP contribution in [0.2, 0.25) is 0 Å². The van der Waals surface area contributed by atoms with Crippen LogP contribution in [0, 0.1) is 11.8 Å². The number of amides is 2. The maximum atomic E-state index is 12.3. The first-order valence-electron chi connectivity index (χ1n) is 6.77. The Morgan fingerprint density at radius 3 is 2.17 bits per heavy atom. The summed E-state index contributed by atoms with van der Waals surface area (Å²) in [7, 11) is 0. The Hall–Kier alpha value is -1.26. The minimum absolute atomic E-state index is 0.00528. The van der Waals surface area contributed by atoms with E-state index in [4.69, 9.17) is 5.11 Å². The molecule has 5 nitrogen and oxygen atoms in total. The topological polar surface area (TPSA) is 60.9 Å². The number of aliphatic carboxylic acids is 1. The van der Waals surface area contributed by atoms with E-state index in [0.717, 1.165) is 25.9 Å². The molecule has 104 valence electrons. The molecule has 1 N–H and O–H groups in total. The number of hydrogen-bond acceptors (Lipinski definition) is 2. The van der Waals surface area contributed by atoms with Crippen LogP contribution in [-0.2, 0) is 4.79 Å². The number of carbonyl (C=O) groups is 2. The number of likely N-dealkylation sites (tertiary alicyclic amines) is 1. The van der Waals surface area contributed by atoms with E-state index in [0.29, 0.717) is 13.1 Å². The lowest BCUT2D eigenvalue weighted by Crippen LogP contribution is -2.43. The van der Waals surface area contributed by atoms with Crippen molar-refractivity contribution in [3.63, 3.8) is 0 Å². The summed E-state index contributed by atoms with van der Waals surface area (Å²) in [6.45, 7) is 8.38. The van der Waals surface area contributed by atoms with Gasteiger partial charge in [0.15, 0.2) is 0 Å². The lowest BCUT2D eigenvalue weighted by Gasteiger charge is -2.27. The largest absolute Gasteiger partial charge is 0.481 e. The minimum Gasteiger partial charge on any atom is -0.481 e. The standard InChI is InChI=1S/C13H24N2O3/c1-4-6-14(7-5-2)13(18)15-8-10(3)11(9-15)12(16)17/h10-11H,4-9H2,1-3H3,(H,16,17)/t10-,11-/m1/s1. The molecule has 0 aromatic heterocycles. The number of rotatable bonds is 5. The summed E-state index contributed by atoms with van der Waals surface area (Å²) in [4.78, 5) is 26.9. The molecule has 0 aromatic carbocycles. The molecule has 1 saturated heterocycles. The SMILES string of the molecule is CCCN(CCC)C(=O)N1C[C@@H](C)[C@H](C(=O)O)C1. The molecule has 2 atom stereocenters. The first kappa shape index (κ1) is 14.8. The van der Waals surface area contributed by atoms with Gasteiger partial charge in [-0.1, -0.05) is 20.8 Å². The van der Waals surface area contributed by atoms with Gasteiger partial charge in [0.05, 0.1) is 5.92 Å². The maximum absolute atomic E-state index is 12.3. The molecule has 0 unspecified atom stereocenters. The Bertz CT molecular complexity index is 301. The highest BCUT2D eigenvalue weighted by Crippen LogP contribution is 2.24. The monoisotopic (exact) mass is 256 g/mol. The van der Waals surface area contributed by atoms with E-state index in [2.05, 4.69) is 0 Å². The molecule has 0 aromatic rings. The number of carbonyl (C=O) groups excluding carboxylic acids is 1. The number of carboxylic acid groups (broad SMARTS) is 1. The Labute approximate surface area is 109 Å². The van der Waals surface area contributed by atoms with Crippen LogP contribution in [0.15, 0.2) is 0 Å². The van der Waals surface area contributed by atoms with E-state index in [1.165, 1.54) is 0 Å². The number of carboxylic acids is 1. The van der Waals surface area contributed by atoms with Gasteiger partial charge in [0.1, 0.15) is 0 Å². The zero-order chi connectivity index (χ0) is 13.7. The number of nitrogens with zero attached hydrogens (tertiary/aromatic N) is 2. The van der Waals surface area contributed by atoms with Gasteiger partial charge < -0.3 is 14.9 Å². The Morgan fingerprint density at radius 2 is 1.78 bits per heavy atom. The average Bonchev–Trinajstić information content (AvgIpc) is 2.70. The zero-order valence-corrected chi connectivity index (χ0v) is 11.6. The Morgan fingerprint density at radius 1 is 1.22 bits per heavy atom.